The van der Waals surface area contributed by atoms with Gasteiger partial charge in [0, 0.05) is 6.54 Å². The molecular weight excluding hydrogens is 186 g/mol. The molecule has 1 N–H and O–H groups in total. The van der Waals surface area contributed by atoms with Crippen molar-refractivity contribution in [2.75, 3.05) is 13.1 Å². The zero-order chi connectivity index (χ0) is 10.7. The van der Waals surface area contributed by atoms with Crippen molar-refractivity contribution < 1.29 is 5.11 Å². The van der Waals surface area contributed by atoms with E-state index in [0.29, 0.717) is 5.75 Å². The summed E-state index contributed by atoms with van der Waals surface area (Å²) in [6.45, 7) is 5.32. The predicted octanol–water partition coefficient (Wildman–Crippen LogP) is 2.69. The van der Waals surface area contributed by atoms with Gasteiger partial charge >= 0.3 is 0 Å². The van der Waals surface area contributed by atoms with Gasteiger partial charge in [0.05, 0.1) is 0 Å². The largest absolute Gasteiger partial charge is 0.508 e. The lowest BCUT2D eigenvalue weighted by molar-refractivity contribution is 0.220. The Morgan fingerprint density at radius 2 is 1.93 bits per heavy atom. The van der Waals surface area contributed by atoms with E-state index in [-0.39, 0.29) is 0 Å². The fourth-order valence-corrected chi connectivity index (χ4v) is 2.13. The molecule has 15 heavy (non-hydrogen) atoms. The Labute approximate surface area is 91.5 Å². The Hall–Kier alpha value is -1.02. The van der Waals surface area contributed by atoms with E-state index in [2.05, 4.69) is 11.0 Å². The Bertz CT molecular complexity index is 329. The highest BCUT2D eigenvalue weighted by Gasteiger charge is 2.10. The number of aromatic hydroxyl groups is 1. The second-order valence-corrected chi connectivity index (χ2v) is 4.46. The van der Waals surface area contributed by atoms with Gasteiger partial charge in [-0.2, -0.15) is 0 Å². The van der Waals surface area contributed by atoms with Crippen molar-refractivity contribution in [3.8, 4) is 5.75 Å². The summed E-state index contributed by atoms with van der Waals surface area (Å²) in [5.41, 5.74) is 2.18. The van der Waals surface area contributed by atoms with Crippen LogP contribution >= 0.6 is 0 Å². The SMILES string of the molecule is Cc1ccc(CN2CCCCC2)cc1O. The zero-order valence-electron chi connectivity index (χ0n) is 9.37. The van der Waals surface area contributed by atoms with Crippen LogP contribution in [0.2, 0.25) is 0 Å². The van der Waals surface area contributed by atoms with Crippen molar-refractivity contribution in [2.24, 2.45) is 0 Å². The van der Waals surface area contributed by atoms with E-state index in [9.17, 15) is 5.11 Å². The second-order valence-electron chi connectivity index (χ2n) is 4.46. The average molecular weight is 205 g/mol. The Morgan fingerprint density at radius 1 is 1.20 bits per heavy atom. The minimum atomic E-state index is 0.421. The van der Waals surface area contributed by atoms with Gasteiger partial charge in [-0.15, -0.1) is 0 Å². The summed E-state index contributed by atoms with van der Waals surface area (Å²) in [7, 11) is 0. The van der Waals surface area contributed by atoms with Crippen molar-refractivity contribution in [1.82, 2.24) is 4.90 Å². The number of aryl methyl sites for hydroxylation is 1. The standard InChI is InChI=1S/C13H19NO/c1-11-5-6-12(9-13(11)15)10-14-7-3-2-4-8-14/h5-6,9,15H,2-4,7-8,10H2,1H3. The van der Waals surface area contributed by atoms with Gasteiger partial charge in [-0.1, -0.05) is 18.6 Å². The van der Waals surface area contributed by atoms with Crippen LogP contribution in [-0.2, 0) is 6.54 Å². The number of phenols is 1. The molecule has 1 heterocycles. The molecule has 0 unspecified atom stereocenters. The van der Waals surface area contributed by atoms with Crippen molar-refractivity contribution in [2.45, 2.75) is 32.7 Å². The number of hydrogen-bond acceptors (Lipinski definition) is 2. The summed E-state index contributed by atoms with van der Waals surface area (Å²) < 4.78 is 0. The molecule has 1 fully saturated rings. The summed E-state index contributed by atoms with van der Waals surface area (Å²) in [4.78, 5) is 2.47. The monoisotopic (exact) mass is 205 g/mol. The van der Waals surface area contributed by atoms with E-state index in [1.807, 2.05) is 19.1 Å². The molecule has 2 nitrogen and oxygen atoms in total. The fourth-order valence-electron chi connectivity index (χ4n) is 2.13. The molecule has 2 rings (SSSR count). The van der Waals surface area contributed by atoms with Crippen LogP contribution in [0.4, 0.5) is 0 Å². The summed E-state index contributed by atoms with van der Waals surface area (Å²) in [6.07, 6.45) is 4.01. The molecule has 0 aliphatic carbocycles. The smallest absolute Gasteiger partial charge is 0.118 e. The number of nitrogens with zero attached hydrogens (tertiary/aromatic N) is 1. The van der Waals surface area contributed by atoms with Crippen LogP contribution in [0.1, 0.15) is 30.4 Å². The van der Waals surface area contributed by atoms with Crippen LogP contribution in [0, 0.1) is 6.92 Å². The van der Waals surface area contributed by atoms with E-state index in [4.69, 9.17) is 0 Å². The van der Waals surface area contributed by atoms with Gasteiger partial charge in [0.15, 0.2) is 0 Å². The number of benzene rings is 1. The first-order chi connectivity index (χ1) is 7.25. The number of phenolic OH excluding ortho intramolecular Hbond substituents is 1. The quantitative estimate of drug-likeness (QED) is 0.802. The van der Waals surface area contributed by atoms with Gasteiger partial charge < -0.3 is 5.11 Å². The molecule has 82 valence electrons. The van der Waals surface area contributed by atoms with Gasteiger partial charge in [0.2, 0.25) is 0 Å². The third-order valence-electron chi connectivity index (χ3n) is 3.13. The Morgan fingerprint density at radius 3 is 2.60 bits per heavy atom. The summed E-state index contributed by atoms with van der Waals surface area (Å²) in [6, 6.07) is 6.00. The molecule has 1 aliphatic rings. The second kappa shape index (κ2) is 4.67. The third kappa shape index (κ3) is 2.72. The first-order valence-corrected chi connectivity index (χ1v) is 5.76. The molecule has 1 saturated heterocycles. The lowest BCUT2D eigenvalue weighted by atomic mass is 10.1. The molecule has 0 aromatic heterocycles. The molecule has 0 atom stereocenters. The highest BCUT2D eigenvalue weighted by atomic mass is 16.3. The van der Waals surface area contributed by atoms with E-state index < -0.39 is 0 Å². The minimum Gasteiger partial charge on any atom is -0.508 e. The topological polar surface area (TPSA) is 23.5 Å². The molecule has 0 amide bonds. The highest BCUT2D eigenvalue weighted by Crippen LogP contribution is 2.19. The maximum atomic E-state index is 9.61. The van der Waals surface area contributed by atoms with Crippen LogP contribution in [0.15, 0.2) is 18.2 Å². The van der Waals surface area contributed by atoms with E-state index in [0.717, 1.165) is 12.1 Å². The van der Waals surface area contributed by atoms with Crippen molar-refractivity contribution in [3.05, 3.63) is 29.3 Å². The summed E-state index contributed by atoms with van der Waals surface area (Å²) in [5, 5.41) is 9.61. The number of rotatable bonds is 2. The molecule has 0 radical (unpaired) electrons. The van der Waals surface area contributed by atoms with Crippen LogP contribution in [0.5, 0.6) is 5.75 Å². The number of likely N-dealkylation sites (tertiary alicyclic amines) is 1. The predicted molar refractivity (Wildman–Crippen MR) is 62.0 cm³/mol. The van der Waals surface area contributed by atoms with Crippen LogP contribution < -0.4 is 0 Å². The molecule has 0 bridgehead atoms. The van der Waals surface area contributed by atoms with Crippen LogP contribution in [-0.4, -0.2) is 23.1 Å². The van der Waals surface area contributed by atoms with E-state index >= 15 is 0 Å². The Kier molecular flexibility index (Phi) is 3.27. The van der Waals surface area contributed by atoms with E-state index in [1.54, 1.807) is 0 Å². The molecule has 1 aromatic rings. The number of hydrogen-bond donors (Lipinski definition) is 1. The summed E-state index contributed by atoms with van der Waals surface area (Å²) in [5.74, 6) is 0.421. The van der Waals surface area contributed by atoms with Crippen molar-refractivity contribution in [3.63, 3.8) is 0 Å². The van der Waals surface area contributed by atoms with Gasteiger partial charge in [-0.3, -0.25) is 4.90 Å². The lowest BCUT2D eigenvalue weighted by Crippen LogP contribution is -2.29. The third-order valence-corrected chi connectivity index (χ3v) is 3.13. The Balaban J connectivity index is 2.00. The zero-order valence-corrected chi connectivity index (χ0v) is 9.37. The average Bonchev–Trinajstić information content (AvgIpc) is 2.25. The summed E-state index contributed by atoms with van der Waals surface area (Å²) >= 11 is 0. The molecule has 0 spiro atoms. The maximum Gasteiger partial charge on any atom is 0.118 e. The highest BCUT2D eigenvalue weighted by molar-refractivity contribution is 5.35. The first kappa shape index (κ1) is 10.5. The van der Waals surface area contributed by atoms with Gasteiger partial charge in [-0.25, -0.2) is 0 Å². The lowest BCUT2D eigenvalue weighted by Gasteiger charge is -2.26. The fraction of sp³-hybridized carbons (Fsp3) is 0.538. The minimum absolute atomic E-state index is 0.421. The molecule has 0 saturated carbocycles. The molecular formula is C13H19NO. The van der Waals surface area contributed by atoms with Gasteiger partial charge in [0.25, 0.3) is 0 Å². The van der Waals surface area contributed by atoms with Gasteiger partial charge in [0.1, 0.15) is 5.75 Å². The molecule has 1 aromatic carbocycles. The normalized spacial score (nSPS) is 17.9. The van der Waals surface area contributed by atoms with Gasteiger partial charge in [-0.05, 0) is 50.0 Å². The maximum absolute atomic E-state index is 9.61. The van der Waals surface area contributed by atoms with Crippen molar-refractivity contribution >= 4 is 0 Å². The molecule has 2 heteroatoms. The van der Waals surface area contributed by atoms with Crippen LogP contribution in [0.3, 0.4) is 0 Å². The number of piperidine rings is 1. The first-order valence-electron chi connectivity index (χ1n) is 5.76. The van der Waals surface area contributed by atoms with Crippen molar-refractivity contribution in [1.29, 1.82) is 0 Å². The van der Waals surface area contributed by atoms with E-state index in [1.165, 1.54) is 37.9 Å². The van der Waals surface area contributed by atoms with Crippen LogP contribution in [0.25, 0.3) is 0 Å². The molecule has 1 aliphatic heterocycles.